The average molecular weight is 609 g/mol. The summed E-state index contributed by atoms with van der Waals surface area (Å²) in [6.07, 6.45) is 15.3. The molecule has 0 aliphatic heterocycles. The van der Waals surface area contributed by atoms with Gasteiger partial charge in [-0.1, -0.05) is 28.4 Å². The van der Waals surface area contributed by atoms with E-state index in [2.05, 4.69) is 15.1 Å². The van der Waals surface area contributed by atoms with Gasteiger partial charge in [-0.15, -0.1) is 0 Å². The van der Waals surface area contributed by atoms with Crippen molar-refractivity contribution < 1.29 is 18.4 Å². The van der Waals surface area contributed by atoms with Crippen molar-refractivity contribution in [2.45, 2.75) is 88.3 Å². The average Bonchev–Trinajstić information content (AvgIpc) is 3.95. The van der Waals surface area contributed by atoms with Crippen molar-refractivity contribution in [3.63, 3.8) is 0 Å². The Bertz CT molecular complexity index is 1640. The summed E-state index contributed by atoms with van der Waals surface area (Å²) in [7, 11) is 0. The van der Waals surface area contributed by atoms with Crippen LogP contribution in [0.3, 0.4) is 0 Å². The molecule has 3 aromatic heterocycles. The highest BCUT2D eigenvalue weighted by atomic mass is 35.5. The Balaban J connectivity index is 0.962. The summed E-state index contributed by atoms with van der Waals surface area (Å²) in [6, 6.07) is 5.52. The number of ether oxygens (including phenoxy) is 2. The summed E-state index contributed by atoms with van der Waals surface area (Å²) in [5.74, 6) is 2.07. The largest absolute Gasteiger partial charge is 0.493 e. The smallest absolute Gasteiger partial charge is 0.153 e. The molecule has 2 bridgehead atoms. The molecule has 5 aliphatic carbocycles. The second-order valence-corrected chi connectivity index (χ2v) is 13.7. The van der Waals surface area contributed by atoms with Crippen molar-refractivity contribution in [3.8, 4) is 17.0 Å². The van der Waals surface area contributed by atoms with Crippen LogP contribution in [-0.2, 0) is 11.3 Å². The summed E-state index contributed by atoms with van der Waals surface area (Å²) < 4.78 is 33.9. The molecule has 0 saturated heterocycles. The Kier molecular flexibility index (Phi) is 6.50. The molecule has 1 aromatic carbocycles. The molecule has 5 saturated carbocycles. The van der Waals surface area contributed by atoms with Crippen molar-refractivity contribution >= 4 is 34.1 Å². The van der Waals surface area contributed by atoms with Crippen molar-refractivity contribution in [2.24, 2.45) is 5.41 Å². The van der Waals surface area contributed by atoms with Gasteiger partial charge in [0, 0.05) is 52.5 Å². The molecule has 0 spiro atoms. The van der Waals surface area contributed by atoms with Crippen LogP contribution in [0.25, 0.3) is 22.2 Å². The molecule has 3 heterocycles. The molecule has 0 radical (unpaired) electrons. The van der Waals surface area contributed by atoms with E-state index in [9.17, 15) is 4.39 Å². The zero-order valence-electron chi connectivity index (χ0n) is 23.3. The van der Waals surface area contributed by atoms with Crippen molar-refractivity contribution in [2.75, 3.05) is 6.61 Å². The number of nitrogens with zero attached hydrogens (tertiary/aromatic N) is 3. The van der Waals surface area contributed by atoms with Crippen LogP contribution in [0.2, 0.25) is 10.0 Å². The van der Waals surface area contributed by atoms with Gasteiger partial charge in [0.05, 0.1) is 28.9 Å². The molecule has 218 valence electrons. The lowest BCUT2D eigenvalue weighted by molar-refractivity contribution is -0.150. The molecule has 42 heavy (non-hydrogen) atoms. The first kappa shape index (κ1) is 26.9. The van der Waals surface area contributed by atoms with Gasteiger partial charge in [0.25, 0.3) is 0 Å². The first-order valence-corrected chi connectivity index (χ1v) is 15.8. The summed E-state index contributed by atoms with van der Waals surface area (Å²) in [5.41, 5.74) is 3.79. The van der Waals surface area contributed by atoms with Gasteiger partial charge in [0.15, 0.2) is 5.82 Å². The van der Waals surface area contributed by atoms with Gasteiger partial charge in [-0.2, -0.15) is 0 Å². The van der Waals surface area contributed by atoms with Crippen LogP contribution in [0.15, 0.2) is 41.3 Å². The van der Waals surface area contributed by atoms with E-state index in [1.54, 1.807) is 18.6 Å². The number of hydrogen-bond donors (Lipinski definition) is 0. The quantitative estimate of drug-likeness (QED) is 0.189. The van der Waals surface area contributed by atoms with Crippen LogP contribution in [-0.4, -0.2) is 27.3 Å². The normalized spacial score (nSPS) is 25.3. The number of rotatable bonds is 9. The summed E-state index contributed by atoms with van der Waals surface area (Å²) in [6.45, 7) is 1.00. The molecule has 9 heteroatoms. The van der Waals surface area contributed by atoms with Gasteiger partial charge >= 0.3 is 0 Å². The fourth-order valence-electron chi connectivity index (χ4n) is 7.13. The maximum atomic E-state index is 15.0. The van der Waals surface area contributed by atoms with Crippen LogP contribution in [0.5, 0.6) is 5.75 Å². The summed E-state index contributed by atoms with van der Waals surface area (Å²) in [5, 5.41) is 6.19. The molecule has 0 amide bonds. The first-order valence-electron chi connectivity index (χ1n) is 15.1. The molecule has 0 atom stereocenters. The maximum absolute atomic E-state index is 15.0. The molecule has 6 nitrogen and oxygen atoms in total. The molecule has 5 fully saturated rings. The number of fused-ring (bicyclic) bond motifs is 4. The minimum absolute atomic E-state index is 0.0877. The number of hydrogen-bond acceptors (Lipinski definition) is 6. The third-order valence-corrected chi connectivity index (χ3v) is 10.7. The fourth-order valence-corrected chi connectivity index (χ4v) is 7.67. The van der Waals surface area contributed by atoms with E-state index in [4.69, 9.17) is 37.2 Å². The fraction of sp³-hybridized carbons (Fsp3) is 0.485. The van der Waals surface area contributed by atoms with Crippen LogP contribution in [0.1, 0.15) is 92.9 Å². The van der Waals surface area contributed by atoms with E-state index in [0.717, 1.165) is 80.9 Å². The molecule has 5 aliphatic rings. The predicted octanol–water partition coefficient (Wildman–Crippen LogP) is 9.17. The minimum Gasteiger partial charge on any atom is -0.493 e. The highest BCUT2D eigenvalue weighted by Crippen LogP contribution is 2.55. The van der Waals surface area contributed by atoms with Gasteiger partial charge in [-0.3, -0.25) is 9.97 Å². The lowest BCUT2D eigenvalue weighted by Crippen LogP contribution is -2.49. The Morgan fingerprint density at radius 2 is 1.67 bits per heavy atom. The Hall–Kier alpha value is -2.74. The Labute approximate surface area is 253 Å². The van der Waals surface area contributed by atoms with E-state index < -0.39 is 0 Å². The third-order valence-electron chi connectivity index (χ3n) is 10.1. The van der Waals surface area contributed by atoms with E-state index in [0.29, 0.717) is 57.6 Å². The van der Waals surface area contributed by atoms with Crippen molar-refractivity contribution in [1.29, 1.82) is 0 Å². The van der Waals surface area contributed by atoms with Crippen LogP contribution >= 0.6 is 23.2 Å². The predicted molar refractivity (Wildman–Crippen MR) is 159 cm³/mol. The lowest BCUT2D eigenvalue weighted by atomic mass is 9.59. The molecule has 9 rings (SSSR count). The SMILES string of the molecule is Fc1cc(OCC23CCC(OCc4c(-c5c(Cl)cncc5Cl)noc4C4CC4)(CC2)CC3)cc2c(C3CC3)ccnc12. The van der Waals surface area contributed by atoms with Gasteiger partial charge < -0.3 is 14.0 Å². The monoisotopic (exact) mass is 607 g/mol. The number of halogens is 3. The zero-order chi connectivity index (χ0) is 28.5. The highest BCUT2D eigenvalue weighted by molar-refractivity contribution is 6.38. The summed E-state index contributed by atoms with van der Waals surface area (Å²) in [4.78, 5) is 8.39. The van der Waals surface area contributed by atoms with E-state index in [-0.39, 0.29) is 16.8 Å². The van der Waals surface area contributed by atoms with Gasteiger partial charge in [0.1, 0.15) is 22.7 Å². The second-order valence-electron chi connectivity index (χ2n) is 12.9. The highest BCUT2D eigenvalue weighted by Gasteiger charge is 2.50. The number of aromatic nitrogens is 3. The van der Waals surface area contributed by atoms with E-state index in [1.165, 1.54) is 11.6 Å². The standard InChI is InChI=1S/C33H32Cl2FN3O3/c34-25-15-37-16-26(35)28(25)30-24(31(42-39-30)20-3-4-20)17-41-33-9-6-32(7-10-33,8-11-33)18-40-21-13-23-22(19-1-2-19)5-12-38-29(23)27(36)14-21/h5,12-16,19-20H,1-4,6-11,17-18H2. The number of benzene rings is 1. The van der Waals surface area contributed by atoms with Gasteiger partial charge in [0.2, 0.25) is 0 Å². The molecular weight excluding hydrogens is 576 g/mol. The zero-order valence-corrected chi connectivity index (χ0v) is 24.8. The third kappa shape index (κ3) is 4.78. The van der Waals surface area contributed by atoms with Crippen molar-refractivity contribution in [1.82, 2.24) is 15.1 Å². The Morgan fingerprint density at radius 3 is 2.36 bits per heavy atom. The maximum Gasteiger partial charge on any atom is 0.153 e. The van der Waals surface area contributed by atoms with Gasteiger partial charge in [-0.25, -0.2) is 4.39 Å². The van der Waals surface area contributed by atoms with Crippen LogP contribution in [0, 0.1) is 11.2 Å². The van der Waals surface area contributed by atoms with Crippen LogP contribution < -0.4 is 4.74 Å². The number of pyridine rings is 2. The molecular formula is C33H32Cl2FN3O3. The topological polar surface area (TPSA) is 70.3 Å². The van der Waals surface area contributed by atoms with Crippen molar-refractivity contribution in [3.05, 3.63) is 69.5 Å². The molecule has 4 aromatic rings. The Morgan fingerprint density at radius 1 is 0.952 bits per heavy atom. The van der Waals surface area contributed by atoms with E-state index in [1.807, 2.05) is 12.1 Å². The lowest BCUT2D eigenvalue weighted by Gasteiger charge is -2.52. The van der Waals surface area contributed by atoms with E-state index >= 15 is 0 Å². The van der Waals surface area contributed by atoms with Gasteiger partial charge in [-0.05, 0) is 87.8 Å². The molecule has 0 unspecified atom stereocenters. The first-order chi connectivity index (χ1) is 20.4. The summed E-state index contributed by atoms with van der Waals surface area (Å²) >= 11 is 13.0. The van der Waals surface area contributed by atoms with Crippen LogP contribution in [0.4, 0.5) is 4.39 Å². The minimum atomic E-state index is -0.310. The molecule has 0 N–H and O–H groups in total. The second kappa shape index (κ2) is 10.2.